The number of nitrogens with one attached hydrogen (secondary N) is 2. The molecule has 0 fully saturated rings. The Kier molecular flexibility index (Phi) is 8.35. The molecule has 0 spiro atoms. The summed E-state index contributed by atoms with van der Waals surface area (Å²) in [6.07, 6.45) is 5.09. The predicted molar refractivity (Wildman–Crippen MR) is 152 cm³/mol. The largest absolute Gasteiger partial charge is 0.481 e. The van der Waals surface area contributed by atoms with Crippen molar-refractivity contribution < 1.29 is 14.3 Å². The minimum Gasteiger partial charge on any atom is -0.481 e. The second kappa shape index (κ2) is 12.0. The van der Waals surface area contributed by atoms with Crippen LogP contribution in [0.25, 0.3) is 21.8 Å². The van der Waals surface area contributed by atoms with Gasteiger partial charge in [0.05, 0.1) is 6.21 Å². The third-order valence-electron chi connectivity index (χ3n) is 5.78. The van der Waals surface area contributed by atoms with E-state index in [1.165, 1.54) is 0 Å². The number of nitrogens with zero attached hydrogens (tertiary/aromatic N) is 3. The average molecular weight is 528 g/mol. The van der Waals surface area contributed by atoms with Gasteiger partial charge < -0.3 is 14.6 Å². The highest BCUT2D eigenvalue weighted by Crippen LogP contribution is 2.23. The van der Waals surface area contributed by atoms with E-state index in [0.29, 0.717) is 11.3 Å². The van der Waals surface area contributed by atoms with Crippen molar-refractivity contribution in [2.75, 3.05) is 11.9 Å². The molecule has 2 N–H and O–H groups in total. The van der Waals surface area contributed by atoms with Crippen LogP contribution >= 0.6 is 12.4 Å². The van der Waals surface area contributed by atoms with Crippen LogP contribution in [0.5, 0.6) is 5.75 Å². The van der Waals surface area contributed by atoms with Crippen LogP contribution in [0.4, 0.5) is 5.69 Å². The van der Waals surface area contributed by atoms with Gasteiger partial charge in [0.1, 0.15) is 17.8 Å². The molecule has 0 atom stereocenters. The van der Waals surface area contributed by atoms with E-state index in [1.807, 2.05) is 90.5 Å². The fraction of sp³-hybridized carbons (Fsp3) is 0.103. The van der Waals surface area contributed by atoms with E-state index in [-0.39, 0.29) is 31.5 Å². The Morgan fingerprint density at radius 2 is 1.82 bits per heavy atom. The van der Waals surface area contributed by atoms with Gasteiger partial charge >= 0.3 is 0 Å². The topological polar surface area (TPSA) is 97.6 Å². The van der Waals surface area contributed by atoms with Gasteiger partial charge in [-0.25, -0.2) is 5.43 Å². The summed E-state index contributed by atoms with van der Waals surface area (Å²) in [7, 11) is 0. The van der Waals surface area contributed by atoms with Crippen LogP contribution in [0.3, 0.4) is 0 Å². The smallest absolute Gasteiger partial charge is 0.277 e. The Morgan fingerprint density at radius 3 is 2.68 bits per heavy atom. The van der Waals surface area contributed by atoms with Crippen molar-refractivity contribution in [2.45, 2.75) is 13.5 Å². The summed E-state index contributed by atoms with van der Waals surface area (Å²) < 4.78 is 7.52. The van der Waals surface area contributed by atoms with Gasteiger partial charge in [0.15, 0.2) is 6.61 Å². The van der Waals surface area contributed by atoms with Crippen LogP contribution in [-0.4, -0.2) is 34.2 Å². The zero-order valence-electron chi connectivity index (χ0n) is 20.6. The van der Waals surface area contributed by atoms with Gasteiger partial charge in [-0.3, -0.25) is 14.6 Å². The SMILES string of the molecule is Cc1cccc(NC(=O)Cn2cc(/C=N/NC(=O)COc3cccc4cccnc34)c3ccccc32)c1.Cl. The van der Waals surface area contributed by atoms with E-state index in [9.17, 15) is 9.59 Å². The molecule has 0 bridgehead atoms. The number of rotatable bonds is 8. The van der Waals surface area contributed by atoms with E-state index in [0.717, 1.165) is 33.1 Å². The first-order valence-corrected chi connectivity index (χ1v) is 11.8. The van der Waals surface area contributed by atoms with Crippen LogP contribution in [0, 0.1) is 6.92 Å². The van der Waals surface area contributed by atoms with E-state index in [4.69, 9.17) is 4.74 Å². The monoisotopic (exact) mass is 527 g/mol. The molecule has 2 amide bonds. The molecule has 0 radical (unpaired) electrons. The zero-order valence-corrected chi connectivity index (χ0v) is 21.4. The number of amides is 2. The Bertz CT molecular complexity index is 1620. The van der Waals surface area contributed by atoms with Gasteiger partial charge in [0.25, 0.3) is 5.91 Å². The summed E-state index contributed by atoms with van der Waals surface area (Å²) >= 11 is 0. The highest BCUT2D eigenvalue weighted by Gasteiger charge is 2.11. The number of halogens is 1. The van der Waals surface area contributed by atoms with E-state index < -0.39 is 5.91 Å². The number of carbonyl (C=O) groups is 2. The summed E-state index contributed by atoms with van der Waals surface area (Å²) in [5.41, 5.74) is 6.69. The Labute approximate surface area is 225 Å². The molecule has 2 heterocycles. The highest BCUT2D eigenvalue weighted by molar-refractivity contribution is 6.01. The van der Waals surface area contributed by atoms with Gasteiger partial charge in [-0.15, -0.1) is 12.4 Å². The molecule has 9 heteroatoms. The first kappa shape index (κ1) is 26.4. The van der Waals surface area contributed by atoms with Crippen LogP contribution < -0.4 is 15.5 Å². The maximum absolute atomic E-state index is 12.7. The third kappa shape index (κ3) is 6.16. The molecule has 5 aromatic rings. The van der Waals surface area contributed by atoms with Gasteiger partial charge in [-0.1, -0.05) is 48.5 Å². The number of benzene rings is 3. The summed E-state index contributed by atoms with van der Waals surface area (Å²) in [6.45, 7) is 1.92. The van der Waals surface area contributed by atoms with E-state index in [2.05, 4.69) is 20.8 Å². The van der Waals surface area contributed by atoms with Crippen molar-refractivity contribution in [3.63, 3.8) is 0 Å². The number of pyridine rings is 1. The van der Waals surface area contributed by atoms with Crippen molar-refractivity contribution in [3.05, 3.63) is 102 Å². The molecule has 8 nitrogen and oxygen atoms in total. The van der Waals surface area contributed by atoms with Gasteiger partial charge in [0.2, 0.25) is 5.91 Å². The molecule has 3 aromatic carbocycles. The molecular weight excluding hydrogens is 502 g/mol. The van der Waals surface area contributed by atoms with Crippen molar-refractivity contribution in [1.82, 2.24) is 15.0 Å². The normalized spacial score (nSPS) is 10.9. The summed E-state index contributed by atoms with van der Waals surface area (Å²) in [6, 6.07) is 24.7. The predicted octanol–water partition coefficient (Wildman–Crippen LogP) is 5.09. The highest BCUT2D eigenvalue weighted by atomic mass is 35.5. The Morgan fingerprint density at radius 1 is 1.00 bits per heavy atom. The second-order valence-corrected chi connectivity index (χ2v) is 8.56. The summed E-state index contributed by atoms with van der Waals surface area (Å²) in [5, 5.41) is 8.89. The lowest BCUT2D eigenvalue weighted by atomic mass is 10.2. The molecule has 0 aliphatic rings. The summed E-state index contributed by atoms with van der Waals surface area (Å²) in [4.78, 5) is 29.3. The molecule has 0 unspecified atom stereocenters. The number of hydrogen-bond acceptors (Lipinski definition) is 5. The molecule has 0 aliphatic heterocycles. The molecule has 38 heavy (non-hydrogen) atoms. The lowest BCUT2D eigenvalue weighted by Gasteiger charge is -2.08. The minimum absolute atomic E-state index is 0. The fourth-order valence-corrected chi connectivity index (χ4v) is 4.13. The number of fused-ring (bicyclic) bond motifs is 2. The number of para-hydroxylation sites is 2. The third-order valence-corrected chi connectivity index (χ3v) is 5.78. The fourth-order valence-electron chi connectivity index (χ4n) is 4.13. The number of carbonyl (C=O) groups excluding carboxylic acids is 2. The van der Waals surface area contributed by atoms with Crippen molar-refractivity contribution in [3.8, 4) is 5.75 Å². The second-order valence-electron chi connectivity index (χ2n) is 8.56. The number of hydrazone groups is 1. The van der Waals surface area contributed by atoms with Gasteiger partial charge in [-0.2, -0.15) is 5.10 Å². The maximum atomic E-state index is 12.7. The van der Waals surface area contributed by atoms with E-state index >= 15 is 0 Å². The molecule has 0 aliphatic carbocycles. The molecular formula is C29H26ClN5O3. The maximum Gasteiger partial charge on any atom is 0.277 e. The van der Waals surface area contributed by atoms with Crippen LogP contribution in [-0.2, 0) is 16.1 Å². The van der Waals surface area contributed by atoms with Gasteiger partial charge in [-0.05, 0) is 42.8 Å². The molecule has 5 rings (SSSR count). The first-order valence-electron chi connectivity index (χ1n) is 11.8. The number of aromatic nitrogens is 2. The number of aryl methyl sites for hydroxylation is 1. The average Bonchev–Trinajstić information content (AvgIpc) is 3.24. The molecule has 2 aromatic heterocycles. The van der Waals surface area contributed by atoms with Gasteiger partial charge in [0, 0.05) is 39.9 Å². The molecule has 0 saturated carbocycles. The van der Waals surface area contributed by atoms with Crippen molar-refractivity contribution in [2.24, 2.45) is 5.10 Å². The first-order chi connectivity index (χ1) is 18.1. The quantitative estimate of drug-likeness (QED) is 0.217. The zero-order chi connectivity index (χ0) is 25.6. The number of anilines is 1. The van der Waals surface area contributed by atoms with Crippen molar-refractivity contribution >= 4 is 57.9 Å². The van der Waals surface area contributed by atoms with E-state index in [1.54, 1.807) is 18.5 Å². The van der Waals surface area contributed by atoms with Crippen LogP contribution in [0.2, 0.25) is 0 Å². The minimum atomic E-state index is -0.398. The Hall–Kier alpha value is -4.69. The standard InChI is InChI=1S/C29H25N5O3.ClH/c1-20-7-4-10-23(15-20)32-27(35)18-34-17-22(24-11-2-3-12-25(24)34)16-31-33-28(36)19-37-26-13-5-8-21-9-6-14-30-29(21)26;/h2-17H,18-19H2,1H3,(H,32,35)(H,33,36);1H/b31-16+;. The molecule has 192 valence electrons. The lowest BCUT2D eigenvalue weighted by molar-refractivity contribution is -0.123. The Balaban J connectivity index is 0.00000336. The van der Waals surface area contributed by atoms with Crippen LogP contribution in [0.15, 0.2) is 96.4 Å². The number of hydrogen-bond donors (Lipinski definition) is 2. The molecule has 0 saturated heterocycles. The number of ether oxygens (including phenoxy) is 1. The lowest BCUT2D eigenvalue weighted by Crippen LogP contribution is -2.24. The van der Waals surface area contributed by atoms with Crippen LogP contribution in [0.1, 0.15) is 11.1 Å². The summed E-state index contributed by atoms with van der Waals surface area (Å²) in [5.74, 6) is -0.00193. The van der Waals surface area contributed by atoms with Crippen molar-refractivity contribution in [1.29, 1.82) is 0 Å².